The van der Waals surface area contributed by atoms with E-state index in [1.807, 2.05) is 12.1 Å². The molecule has 2 nitrogen and oxygen atoms in total. The fourth-order valence-corrected chi connectivity index (χ4v) is 2.90. The molecule has 0 saturated carbocycles. The fourth-order valence-electron chi connectivity index (χ4n) is 1.29. The second-order valence-electron chi connectivity index (χ2n) is 2.77. The predicted octanol–water partition coefficient (Wildman–Crippen LogP) is 3.08. The monoisotopic (exact) mass is 257 g/mol. The molecule has 1 aromatic heterocycles. The van der Waals surface area contributed by atoms with Gasteiger partial charge in [0.25, 0.3) is 0 Å². The van der Waals surface area contributed by atoms with Gasteiger partial charge in [-0.3, -0.25) is 0 Å². The Morgan fingerprint density at radius 1 is 1.46 bits per heavy atom. The molecule has 0 unspecified atom stereocenters. The van der Waals surface area contributed by atoms with Crippen LogP contribution in [0.5, 0.6) is 5.75 Å². The molecule has 68 valence electrons. The van der Waals surface area contributed by atoms with Crippen LogP contribution >= 0.6 is 27.3 Å². The van der Waals surface area contributed by atoms with Crippen LogP contribution in [0, 0.1) is 0 Å². The number of anilines is 1. The van der Waals surface area contributed by atoms with E-state index in [0.29, 0.717) is 5.75 Å². The number of alkyl halides is 1. The summed E-state index contributed by atoms with van der Waals surface area (Å²) in [7, 11) is 0. The number of nitrogens with two attached hydrogens (primary N) is 1. The Labute approximate surface area is 88.1 Å². The standard InChI is InChI=1S/C9H8BrNOS/c10-4-5-1-2-7(12)6-3-8(11)13-9(5)6/h1-3,12H,4,11H2. The quantitative estimate of drug-likeness (QED) is 0.772. The zero-order chi connectivity index (χ0) is 9.42. The first kappa shape index (κ1) is 8.84. The first-order chi connectivity index (χ1) is 6.22. The SMILES string of the molecule is Nc1cc2c(O)ccc(CBr)c2s1. The highest BCUT2D eigenvalue weighted by molar-refractivity contribution is 9.08. The van der Waals surface area contributed by atoms with Crippen LogP contribution in [0.25, 0.3) is 10.1 Å². The van der Waals surface area contributed by atoms with Gasteiger partial charge in [-0.25, -0.2) is 0 Å². The van der Waals surface area contributed by atoms with Crippen LogP contribution in [0.3, 0.4) is 0 Å². The highest BCUT2D eigenvalue weighted by atomic mass is 79.9. The van der Waals surface area contributed by atoms with Crippen LogP contribution in [-0.4, -0.2) is 5.11 Å². The largest absolute Gasteiger partial charge is 0.507 e. The summed E-state index contributed by atoms with van der Waals surface area (Å²) in [5, 5.41) is 11.9. The Morgan fingerprint density at radius 3 is 2.92 bits per heavy atom. The number of fused-ring (bicyclic) bond motifs is 1. The Bertz CT molecular complexity index is 452. The Morgan fingerprint density at radius 2 is 2.23 bits per heavy atom. The molecule has 0 aliphatic rings. The van der Waals surface area contributed by atoms with Crippen LogP contribution in [0.1, 0.15) is 5.56 Å². The minimum Gasteiger partial charge on any atom is -0.507 e. The summed E-state index contributed by atoms with van der Waals surface area (Å²) in [6.07, 6.45) is 0. The maximum absolute atomic E-state index is 9.54. The molecule has 0 aliphatic carbocycles. The minimum absolute atomic E-state index is 0.299. The van der Waals surface area contributed by atoms with Gasteiger partial charge in [0.05, 0.1) is 5.00 Å². The number of phenols is 1. The van der Waals surface area contributed by atoms with Crippen LogP contribution in [-0.2, 0) is 5.33 Å². The number of benzene rings is 1. The average Bonchev–Trinajstić information content (AvgIpc) is 2.48. The number of halogens is 1. The van der Waals surface area contributed by atoms with Gasteiger partial charge in [0, 0.05) is 15.4 Å². The molecule has 13 heavy (non-hydrogen) atoms. The summed E-state index contributed by atoms with van der Waals surface area (Å²) in [6.45, 7) is 0. The lowest BCUT2D eigenvalue weighted by Gasteiger charge is -1.99. The molecule has 0 bridgehead atoms. The molecule has 0 radical (unpaired) electrons. The normalized spacial score (nSPS) is 10.8. The lowest BCUT2D eigenvalue weighted by atomic mass is 10.2. The van der Waals surface area contributed by atoms with Crippen molar-refractivity contribution >= 4 is 42.4 Å². The molecule has 0 atom stereocenters. The molecule has 0 spiro atoms. The van der Waals surface area contributed by atoms with E-state index in [9.17, 15) is 5.11 Å². The van der Waals surface area contributed by atoms with E-state index in [0.717, 1.165) is 26.0 Å². The fraction of sp³-hybridized carbons (Fsp3) is 0.111. The van der Waals surface area contributed by atoms with Crippen molar-refractivity contribution in [3.63, 3.8) is 0 Å². The van der Waals surface area contributed by atoms with Gasteiger partial charge in [-0.15, -0.1) is 11.3 Å². The lowest BCUT2D eigenvalue weighted by molar-refractivity contribution is 0.481. The molecule has 1 aromatic carbocycles. The molecule has 0 aliphatic heterocycles. The van der Waals surface area contributed by atoms with Crippen molar-refractivity contribution in [1.29, 1.82) is 0 Å². The van der Waals surface area contributed by atoms with Crippen molar-refractivity contribution in [2.45, 2.75) is 5.33 Å². The molecular weight excluding hydrogens is 250 g/mol. The zero-order valence-electron chi connectivity index (χ0n) is 6.75. The third kappa shape index (κ3) is 1.40. The van der Waals surface area contributed by atoms with Gasteiger partial charge in [-0.05, 0) is 17.7 Å². The Kier molecular flexibility index (Phi) is 2.17. The van der Waals surface area contributed by atoms with E-state index >= 15 is 0 Å². The van der Waals surface area contributed by atoms with Crippen LogP contribution in [0.15, 0.2) is 18.2 Å². The van der Waals surface area contributed by atoms with Gasteiger partial charge in [-0.1, -0.05) is 22.0 Å². The lowest BCUT2D eigenvalue weighted by Crippen LogP contribution is -1.76. The topological polar surface area (TPSA) is 46.2 Å². The van der Waals surface area contributed by atoms with Gasteiger partial charge in [0.2, 0.25) is 0 Å². The van der Waals surface area contributed by atoms with Gasteiger partial charge < -0.3 is 10.8 Å². The van der Waals surface area contributed by atoms with Crippen molar-refractivity contribution in [3.05, 3.63) is 23.8 Å². The number of rotatable bonds is 1. The van der Waals surface area contributed by atoms with E-state index in [1.54, 1.807) is 6.07 Å². The van der Waals surface area contributed by atoms with Crippen molar-refractivity contribution < 1.29 is 5.11 Å². The van der Waals surface area contributed by atoms with E-state index in [4.69, 9.17) is 5.73 Å². The number of phenolic OH excluding ortho intramolecular Hbond substituents is 1. The smallest absolute Gasteiger partial charge is 0.124 e. The van der Waals surface area contributed by atoms with Gasteiger partial charge in [0.1, 0.15) is 5.75 Å². The zero-order valence-corrected chi connectivity index (χ0v) is 9.15. The summed E-state index contributed by atoms with van der Waals surface area (Å²) >= 11 is 4.90. The number of thiophene rings is 1. The van der Waals surface area contributed by atoms with Crippen molar-refractivity contribution in [2.75, 3.05) is 5.73 Å². The Balaban J connectivity index is 2.83. The second-order valence-corrected chi connectivity index (χ2v) is 4.41. The maximum Gasteiger partial charge on any atom is 0.124 e. The molecule has 2 rings (SSSR count). The number of nitrogen functional groups attached to an aromatic ring is 1. The van der Waals surface area contributed by atoms with Crippen LogP contribution in [0.2, 0.25) is 0 Å². The molecule has 1 heterocycles. The van der Waals surface area contributed by atoms with E-state index in [2.05, 4.69) is 15.9 Å². The van der Waals surface area contributed by atoms with Crippen molar-refractivity contribution in [2.24, 2.45) is 0 Å². The van der Waals surface area contributed by atoms with E-state index in [-0.39, 0.29) is 0 Å². The van der Waals surface area contributed by atoms with Crippen molar-refractivity contribution in [1.82, 2.24) is 0 Å². The van der Waals surface area contributed by atoms with Crippen LogP contribution < -0.4 is 5.73 Å². The predicted molar refractivity (Wildman–Crippen MR) is 60.5 cm³/mol. The molecular formula is C9H8BrNOS. The molecule has 4 heteroatoms. The average molecular weight is 258 g/mol. The molecule has 0 amide bonds. The molecule has 0 fully saturated rings. The number of hydrogen-bond donors (Lipinski definition) is 2. The first-order valence-electron chi connectivity index (χ1n) is 3.78. The third-order valence-electron chi connectivity index (χ3n) is 1.91. The van der Waals surface area contributed by atoms with Gasteiger partial charge in [0.15, 0.2) is 0 Å². The highest BCUT2D eigenvalue weighted by Gasteiger charge is 2.07. The van der Waals surface area contributed by atoms with E-state index in [1.165, 1.54) is 11.3 Å². The molecule has 2 aromatic rings. The molecule has 3 N–H and O–H groups in total. The summed E-state index contributed by atoms with van der Waals surface area (Å²) < 4.78 is 1.06. The maximum atomic E-state index is 9.54. The molecule has 0 saturated heterocycles. The van der Waals surface area contributed by atoms with Gasteiger partial charge in [-0.2, -0.15) is 0 Å². The summed E-state index contributed by atoms with van der Waals surface area (Å²) in [5.41, 5.74) is 6.84. The first-order valence-corrected chi connectivity index (χ1v) is 5.72. The second kappa shape index (κ2) is 3.20. The highest BCUT2D eigenvalue weighted by Crippen LogP contribution is 2.36. The summed E-state index contributed by atoms with van der Waals surface area (Å²) in [5.74, 6) is 0.299. The van der Waals surface area contributed by atoms with E-state index < -0.39 is 0 Å². The van der Waals surface area contributed by atoms with Crippen LogP contribution in [0.4, 0.5) is 5.00 Å². The minimum atomic E-state index is 0.299. The van der Waals surface area contributed by atoms with Gasteiger partial charge >= 0.3 is 0 Å². The Hall–Kier alpha value is -0.740. The number of aromatic hydroxyl groups is 1. The van der Waals surface area contributed by atoms with Crippen molar-refractivity contribution in [3.8, 4) is 5.75 Å². The summed E-state index contributed by atoms with van der Waals surface area (Å²) in [4.78, 5) is 0. The summed E-state index contributed by atoms with van der Waals surface area (Å²) in [6, 6.07) is 5.41. The third-order valence-corrected chi connectivity index (χ3v) is 3.55. The number of hydrogen-bond acceptors (Lipinski definition) is 3.